The van der Waals surface area contributed by atoms with Gasteiger partial charge in [-0.3, -0.25) is 0 Å². The molecule has 47 heavy (non-hydrogen) atoms. The van der Waals surface area contributed by atoms with Crippen LogP contribution >= 0.6 is 0 Å². The lowest BCUT2D eigenvalue weighted by atomic mass is 9.97. The second-order valence-electron chi connectivity index (χ2n) is 12.1. The molecule has 0 aliphatic carbocycles. The number of para-hydroxylation sites is 2. The number of rotatable bonds is 4. The molecule has 0 fully saturated rings. The molecule has 220 valence electrons. The van der Waals surface area contributed by atoms with Gasteiger partial charge in [0.2, 0.25) is 0 Å². The van der Waals surface area contributed by atoms with Crippen LogP contribution in [0, 0.1) is 0 Å². The summed E-state index contributed by atoms with van der Waals surface area (Å²) in [5, 5.41) is 9.18. The van der Waals surface area contributed by atoms with E-state index in [1.807, 2.05) is 24.3 Å². The SMILES string of the molecule is c1ccc(-c2cccc(N(c3cccc4c3ccc3cc5oc6ccccc6c5cc34)c3cccc4oc5ccccc5c34)c2)cc1. The summed E-state index contributed by atoms with van der Waals surface area (Å²) in [6.45, 7) is 0. The van der Waals surface area contributed by atoms with Crippen LogP contribution in [0.2, 0.25) is 0 Å². The Morgan fingerprint density at radius 3 is 1.89 bits per heavy atom. The van der Waals surface area contributed by atoms with E-state index in [-0.39, 0.29) is 0 Å². The highest BCUT2D eigenvalue weighted by Crippen LogP contribution is 2.46. The molecule has 3 heteroatoms. The fraction of sp³-hybridized carbons (Fsp3) is 0. The molecule has 0 N–H and O–H groups in total. The quantitative estimate of drug-likeness (QED) is 0.188. The lowest BCUT2D eigenvalue weighted by Gasteiger charge is -2.28. The summed E-state index contributed by atoms with van der Waals surface area (Å²) in [5.74, 6) is 0. The van der Waals surface area contributed by atoms with Crippen LogP contribution in [0.4, 0.5) is 17.1 Å². The Balaban J connectivity index is 1.28. The van der Waals surface area contributed by atoms with Crippen LogP contribution in [0.5, 0.6) is 0 Å². The van der Waals surface area contributed by atoms with Crippen molar-refractivity contribution in [3.05, 3.63) is 164 Å². The maximum atomic E-state index is 6.39. The number of nitrogens with zero attached hydrogens (tertiary/aromatic N) is 1. The number of benzene rings is 8. The summed E-state index contributed by atoms with van der Waals surface area (Å²) < 4.78 is 12.6. The fourth-order valence-corrected chi connectivity index (χ4v) is 7.29. The van der Waals surface area contributed by atoms with Gasteiger partial charge in [-0.15, -0.1) is 0 Å². The molecular weight excluding hydrogens is 574 g/mol. The Hall–Kier alpha value is -6.32. The predicted molar refractivity (Wildman–Crippen MR) is 196 cm³/mol. The number of hydrogen-bond acceptors (Lipinski definition) is 3. The topological polar surface area (TPSA) is 29.5 Å². The van der Waals surface area contributed by atoms with E-state index in [9.17, 15) is 0 Å². The molecule has 0 bridgehead atoms. The molecule has 0 amide bonds. The Labute approximate surface area is 270 Å². The second-order valence-corrected chi connectivity index (χ2v) is 12.1. The minimum Gasteiger partial charge on any atom is -0.456 e. The van der Waals surface area contributed by atoms with Crippen LogP contribution in [0.3, 0.4) is 0 Å². The van der Waals surface area contributed by atoms with Crippen molar-refractivity contribution in [3.8, 4) is 11.1 Å². The summed E-state index contributed by atoms with van der Waals surface area (Å²) in [6.07, 6.45) is 0. The zero-order chi connectivity index (χ0) is 30.9. The van der Waals surface area contributed by atoms with Gasteiger partial charge in [0.05, 0.1) is 16.8 Å². The summed E-state index contributed by atoms with van der Waals surface area (Å²) >= 11 is 0. The lowest BCUT2D eigenvalue weighted by molar-refractivity contribution is 0.669. The van der Waals surface area contributed by atoms with Crippen molar-refractivity contribution in [3.63, 3.8) is 0 Å². The molecule has 0 spiro atoms. The summed E-state index contributed by atoms with van der Waals surface area (Å²) in [6, 6.07) is 58.0. The van der Waals surface area contributed by atoms with Crippen molar-refractivity contribution >= 4 is 82.5 Å². The Kier molecular flexibility index (Phi) is 5.57. The highest BCUT2D eigenvalue weighted by atomic mass is 16.3. The van der Waals surface area contributed by atoms with E-state index in [2.05, 4.69) is 144 Å². The largest absolute Gasteiger partial charge is 0.456 e. The average Bonchev–Trinajstić information content (AvgIpc) is 3.70. The van der Waals surface area contributed by atoms with Gasteiger partial charge >= 0.3 is 0 Å². The van der Waals surface area contributed by atoms with Gasteiger partial charge in [0.15, 0.2) is 0 Å². The van der Waals surface area contributed by atoms with E-state index in [1.165, 1.54) is 21.7 Å². The average molecular weight is 602 g/mol. The Morgan fingerprint density at radius 1 is 0.340 bits per heavy atom. The maximum Gasteiger partial charge on any atom is 0.137 e. The maximum absolute atomic E-state index is 6.39. The van der Waals surface area contributed by atoms with E-state index >= 15 is 0 Å². The minimum absolute atomic E-state index is 0.868. The molecule has 2 heterocycles. The van der Waals surface area contributed by atoms with Crippen molar-refractivity contribution in [2.24, 2.45) is 0 Å². The number of anilines is 3. The first-order valence-electron chi connectivity index (χ1n) is 15.9. The molecule has 0 aliphatic rings. The van der Waals surface area contributed by atoms with E-state index in [1.54, 1.807) is 0 Å². The third kappa shape index (κ3) is 4.00. The Bertz CT molecular complexity index is 2810. The van der Waals surface area contributed by atoms with Crippen LogP contribution in [-0.4, -0.2) is 0 Å². The number of hydrogen-bond donors (Lipinski definition) is 0. The molecule has 2 aromatic heterocycles. The number of fused-ring (bicyclic) bond motifs is 9. The molecule has 0 atom stereocenters. The van der Waals surface area contributed by atoms with Crippen molar-refractivity contribution in [2.75, 3.05) is 4.90 Å². The van der Waals surface area contributed by atoms with Crippen molar-refractivity contribution < 1.29 is 8.83 Å². The van der Waals surface area contributed by atoms with Crippen LogP contribution in [0.25, 0.3) is 76.5 Å². The van der Waals surface area contributed by atoms with Gasteiger partial charge in [-0.1, -0.05) is 109 Å². The van der Waals surface area contributed by atoms with Crippen molar-refractivity contribution in [2.45, 2.75) is 0 Å². The monoisotopic (exact) mass is 601 g/mol. The molecular formula is C44H27NO2. The van der Waals surface area contributed by atoms with Crippen LogP contribution in [0.1, 0.15) is 0 Å². The van der Waals surface area contributed by atoms with Crippen LogP contribution in [-0.2, 0) is 0 Å². The van der Waals surface area contributed by atoms with E-state index < -0.39 is 0 Å². The zero-order valence-electron chi connectivity index (χ0n) is 25.4. The van der Waals surface area contributed by atoms with Gasteiger partial charge in [-0.05, 0) is 81.9 Å². The molecule has 0 aliphatic heterocycles. The van der Waals surface area contributed by atoms with Crippen LogP contribution in [0.15, 0.2) is 173 Å². The van der Waals surface area contributed by atoms with Gasteiger partial charge in [-0.2, -0.15) is 0 Å². The molecule has 0 unspecified atom stereocenters. The van der Waals surface area contributed by atoms with Gasteiger partial charge < -0.3 is 13.7 Å². The third-order valence-electron chi connectivity index (χ3n) is 9.43. The molecule has 8 aromatic carbocycles. The molecule has 0 radical (unpaired) electrons. The normalized spacial score (nSPS) is 11.8. The smallest absolute Gasteiger partial charge is 0.137 e. The lowest BCUT2D eigenvalue weighted by Crippen LogP contribution is -2.11. The minimum atomic E-state index is 0.868. The standard InChI is InChI=1S/C44H27NO2/c1-2-11-28(12-3-1)29-13-8-14-31(25-29)45(39-19-10-22-42-44(39)35-16-5-7-21-41(35)46-42)38-18-9-17-32-33(38)24-23-30-26-43-37(27-36(30)32)34-15-4-6-20-40(34)47-43/h1-27H. The van der Waals surface area contributed by atoms with Gasteiger partial charge in [-0.25, -0.2) is 0 Å². The first-order valence-corrected chi connectivity index (χ1v) is 15.9. The highest BCUT2D eigenvalue weighted by molar-refractivity contribution is 6.20. The van der Waals surface area contributed by atoms with Gasteiger partial charge in [0, 0.05) is 27.2 Å². The first-order chi connectivity index (χ1) is 23.3. The molecule has 0 saturated carbocycles. The fourth-order valence-electron chi connectivity index (χ4n) is 7.29. The summed E-state index contributed by atoms with van der Waals surface area (Å²) in [5.41, 5.74) is 9.17. The summed E-state index contributed by atoms with van der Waals surface area (Å²) in [4.78, 5) is 2.40. The van der Waals surface area contributed by atoms with Gasteiger partial charge in [0.1, 0.15) is 22.3 Å². The molecule has 10 rings (SSSR count). The predicted octanol–water partition coefficient (Wildman–Crippen LogP) is 12.9. The van der Waals surface area contributed by atoms with Crippen molar-refractivity contribution in [1.82, 2.24) is 0 Å². The first kappa shape index (κ1) is 26.0. The highest BCUT2D eigenvalue weighted by Gasteiger charge is 2.22. The van der Waals surface area contributed by atoms with Crippen LogP contribution < -0.4 is 4.90 Å². The third-order valence-corrected chi connectivity index (χ3v) is 9.43. The van der Waals surface area contributed by atoms with Gasteiger partial charge in [0.25, 0.3) is 0 Å². The molecule has 0 saturated heterocycles. The zero-order valence-corrected chi connectivity index (χ0v) is 25.4. The second kappa shape index (κ2) is 10.1. The Morgan fingerprint density at radius 2 is 1.00 bits per heavy atom. The van der Waals surface area contributed by atoms with E-state index in [0.29, 0.717) is 0 Å². The summed E-state index contributed by atoms with van der Waals surface area (Å²) in [7, 11) is 0. The van der Waals surface area contributed by atoms with Crippen molar-refractivity contribution in [1.29, 1.82) is 0 Å². The van der Waals surface area contributed by atoms with E-state index in [0.717, 1.165) is 71.9 Å². The van der Waals surface area contributed by atoms with E-state index in [4.69, 9.17) is 8.83 Å². The number of furan rings is 2. The molecule has 10 aromatic rings. The molecule has 3 nitrogen and oxygen atoms in total.